The van der Waals surface area contributed by atoms with Crippen molar-refractivity contribution in [2.45, 2.75) is 57.0 Å². The lowest BCUT2D eigenvalue weighted by Crippen LogP contribution is -2.43. The number of aliphatic hydroxyl groups is 2. The molecule has 12 nitrogen and oxygen atoms in total. The maximum absolute atomic E-state index is 12.2. The van der Waals surface area contributed by atoms with Crippen molar-refractivity contribution in [3.63, 3.8) is 0 Å². The molecule has 2 aromatic rings. The largest absolute Gasteiger partial charge is 0.465 e. The van der Waals surface area contributed by atoms with Gasteiger partial charge in [0.25, 0.3) is 8.18 Å². The molecule has 32 heavy (non-hydrogen) atoms. The van der Waals surface area contributed by atoms with Gasteiger partial charge < -0.3 is 29.9 Å². The molecule has 2 aromatic heterocycles. The van der Waals surface area contributed by atoms with E-state index in [2.05, 4.69) is 15.2 Å². The average Bonchev–Trinajstić information content (AvgIpc) is 3.33. The van der Waals surface area contributed by atoms with Crippen LogP contribution in [0.4, 0.5) is 5.82 Å². The van der Waals surface area contributed by atoms with Gasteiger partial charge in [-0.3, -0.25) is 9.36 Å². The van der Waals surface area contributed by atoms with E-state index >= 15 is 0 Å². The number of esters is 1. The summed E-state index contributed by atoms with van der Waals surface area (Å²) in [5, 5.41) is 28.4. The van der Waals surface area contributed by atoms with Crippen LogP contribution in [-0.2, 0) is 29.0 Å². The van der Waals surface area contributed by atoms with Crippen molar-refractivity contribution in [3.05, 3.63) is 24.2 Å². The summed E-state index contributed by atoms with van der Waals surface area (Å²) in [7, 11) is -2.82. The molecule has 5 atom stereocenters. The van der Waals surface area contributed by atoms with Crippen LogP contribution in [0.3, 0.4) is 0 Å². The van der Waals surface area contributed by atoms with Crippen molar-refractivity contribution >= 4 is 25.5 Å². The van der Waals surface area contributed by atoms with Gasteiger partial charge >= 0.3 is 5.97 Å². The molecular weight excluding hydrogens is 441 g/mol. The van der Waals surface area contributed by atoms with Crippen LogP contribution < -0.4 is 10.8 Å². The fourth-order valence-corrected chi connectivity index (χ4v) is 4.32. The van der Waals surface area contributed by atoms with Crippen molar-refractivity contribution in [1.82, 2.24) is 19.7 Å². The van der Waals surface area contributed by atoms with E-state index in [4.69, 9.17) is 19.7 Å². The summed E-state index contributed by atoms with van der Waals surface area (Å²) in [4.78, 5) is 15.8. The van der Waals surface area contributed by atoms with E-state index in [0.29, 0.717) is 12.1 Å². The predicted octanol–water partition coefficient (Wildman–Crippen LogP) is 0.377. The zero-order valence-electron chi connectivity index (χ0n) is 18.1. The van der Waals surface area contributed by atoms with E-state index in [1.807, 2.05) is 6.92 Å². The molecule has 0 spiro atoms. The minimum atomic E-state index is -2.82. The van der Waals surface area contributed by atoms with Gasteiger partial charge in [0.15, 0.2) is 11.4 Å². The van der Waals surface area contributed by atoms with Crippen molar-refractivity contribution in [1.29, 1.82) is 0 Å². The van der Waals surface area contributed by atoms with Gasteiger partial charge in [-0.2, -0.15) is 5.10 Å². The molecule has 0 bridgehead atoms. The van der Waals surface area contributed by atoms with Crippen molar-refractivity contribution < 1.29 is 33.6 Å². The molecule has 1 unspecified atom stereocenters. The van der Waals surface area contributed by atoms with Crippen LogP contribution in [-0.4, -0.2) is 68.9 Å². The Morgan fingerprint density at radius 2 is 2.28 bits per heavy atom. The molecule has 5 N–H and O–H groups in total. The molecule has 3 heterocycles. The molecule has 1 aliphatic heterocycles. The Balaban J connectivity index is 1.53. The van der Waals surface area contributed by atoms with E-state index in [1.54, 1.807) is 12.1 Å². The Labute approximate surface area is 186 Å². The maximum Gasteiger partial charge on any atom is 0.323 e. The van der Waals surface area contributed by atoms with E-state index in [0.717, 1.165) is 19.3 Å². The number of unbranched alkanes of at least 4 members (excludes halogenated alkanes) is 2. The highest BCUT2D eigenvalue weighted by Crippen LogP contribution is 2.36. The zero-order valence-corrected chi connectivity index (χ0v) is 19.1. The van der Waals surface area contributed by atoms with E-state index < -0.39 is 38.0 Å². The van der Waals surface area contributed by atoms with Gasteiger partial charge in [0, 0.05) is 0 Å². The molecule has 0 radical (unpaired) electrons. The molecule has 3 rings (SSSR count). The summed E-state index contributed by atoms with van der Waals surface area (Å²) >= 11 is 0. The Bertz CT molecular complexity index is 957. The van der Waals surface area contributed by atoms with Gasteiger partial charge in [-0.15, -0.1) is 0 Å². The second-order valence-electron chi connectivity index (χ2n) is 7.72. The van der Waals surface area contributed by atoms with Gasteiger partial charge in [-0.05, 0) is 25.5 Å². The number of nitrogens with zero attached hydrogens (tertiary/aromatic N) is 3. The van der Waals surface area contributed by atoms with Gasteiger partial charge in [-0.1, -0.05) is 19.8 Å². The van der Waals surface area contributed by atoms with Crippen molar-refractivity contribution in [3.8, 4) is 0 Å². The molecule has 1 aliphatic rings. The van der Waals surface area contributed by atoms with Gasteiger partial charge in [0.1, 0.15) is 30.1 Å². The van der Waals surface area contributed by atoms with Crippen LogP contribution in [0.2, 0.25) is 0 Å². The fourth-order valence-electron chi connectivity index (χ4n) is 3.45. The summed E-state index contributed by atoms with van der Waals surface area (Å²) in [5.74, 6) is -0.290. The van der Waals surface area contributed by atoms with Crippen LogP contribution in [0.25, 0.3) is 5.52 Å². The third-order valence-electron chi connectivity index (χ3n) is 5.34. The number of ether oxygens (including phenoxy) is 2. The quantitative estimate of drug-likeness (QED) is 0.203. The summed E-state index contributed by atoms with van der Waals surface area (Å²) < 4.78 is 29.5. The average molecular weight is 471 g/mol. The van der Waals surface area contributed by atoms with Gasteiger partial charge in [0.05, 0.1) is 25.5 Å². The third-order valence-corrected chi connectivity index (χ3v) is 6.44. The van der Waals surface area contributed by atoms with Crippen LogP contribution in [0.5, 0.6) is 0 Å². The first-order valence-electron chi connectivity index (χ1n) is 10.5. The lowest BCUT2D eigenvalue weighted by molar-refractivity contribution is -0.145. The number of carbonyl (C=O) groups excluding carboxylic acids is 1. The van der Waals surface area contributed by atoms with Crippen LogP contribution in [0.15, 0.2) is 18.5 Å². The maximum atomic E-state index is 12.2. The first kappa shape index (κ1) is 24.6. The predicted molar refractivity (Wildman–Crippen MR) is 115 cm³/mol. The molecule has 1 fully saturated rings. The third kappa shape index (κ3) is 5.28. The number of aliphatic hydroxyl groups excluding tert-OH is 1. The van der Waals surface area contributed by atoms with Gasteiger partial charge in [0.2, 0.25) is 0 Å². The summed E-state index contributed by atoms with van der Waals surface area (Å²) in [6, 6.07) is 2.39. The van der Waals surface area contributed by atoms with Crippen molar-refractivity contribution in [2.75, 3.05) is 25.6 Å². The van der Waals surface area contributed by atoms with E-state index in [-0.39, 0.29) is 24.7 Å². The second-order valence-corrected chi connectivity index (χ2v) is 8.87. The number of anilines is 1. The molecule has 1 saturated heterocycles. The molecule has 0 aliphatic carbocycles. The zero-order chi connectivity index (χ0) is 23.3. The number of hydrogen-bond acceptors (Lipinski definition) is 10. The SMILES string of the molecule is CCCCCOC(=O)[C@H](C)N[PH](=O)OC[C@H]1OC[C@@](O)(c2ccc3c(N)ncnn23)[C@@H]1O. The van der Waals surface area contributed by atoms with Gasteiger partial charge in [-0.25, -0.2) is 14.6 Å². The normalized spacial score (nSPS) is 25.1. The summed E-state index contributed by atoms with van der Waals surface area (Å²) in [6.45, 7) is 3.40. The molecule has 0 aromatic carbocycles. The summed E-state index contributed by atoms with van der Waals surface area (Å²) in [5.41, 5.74) is 4.80. The number of nitrogen functional groups attached to an aromatic ring is 1. The first-order valence-corrected chi connectivity index (χ1v) is 11.8. The fraction of sp³-hybridized carbons (Fsp3) is 0.632. The highest BCUT2D eigenvalue weighted by atomic mass is 31.1. The Kier molecular flexibility index (Phi) is 8.21. The Morgan fingerprint density at radius 3 is 3.03 bits per heavy atom. The van der Waals surface area contributed by atoms with Crippen molar-refractivity contribution in [2.24, 2.45) is 0 Å². The number of nitrogens with two attached hydrogens (primary N) is 1. The molecule has 178 valence electrons. The number of aromatic nitrogens is 3. The standard InChI is InChI=1S/C19H30N5O7P/c1-3-4-5-8-29-18(26)12(2)23-32(28)31-9-14-16(25)19(27,10-30-14)15-7-6-13-17(20)21-11-22-24(13)15/h6-7,11-12,14,16,25,27,32H,3-5,8-10H2,1-2H3,(H,23,28)(H2,20,21,22)/t12-,14+,16+,19+/m0/s1. The molecular formula is C19H30N5O7P. The Hall–Kier alpha value is -2.08. The second kappa shape index (κ2) is 10.7. The molecule has 0 saturated carbocycles. The number of nitrogens with one attached hydrogen (secondary N) is 1. The number of carbonyl (C=O) groups is 1. The van der Waals surface area contributed by atoms with Crippen LogP contribution in [0.1, 0.15) is 38.8 Å². The summed E-state index contributed by atoms with van der Waals surface area (Å²) in [6.07, 6.45) is 1.66. The number of hydrogen-bond donors (Lipinski definition) is 4. The lowest BCUT2D eigenvalue weighted by Gasteiger charge is -2.26. The molecule has 0 amide bonds. The van der Waals surface area contributed by atoms with Crippen LogP contribution in [0, 0.1) is 0 Å². The number of rotatable bonds is 11. The highest BCUT2D eigenvalue weighted by Gasteiger charge is 2.51. The minimum Gasteiger partial charge on any atom is -0.465 e. The van der Waals surface area contributed by atoms with E-state index in [9.17, 15) is 19.6 Å². The lowest BCUT2D eigenvalue weighted by atomic mass is 9.93. The van der Waals surface area contributed by atoms with Crippen LogP contribution >= 0.6 is 8.18 Å². The monoisotopic (exact) mass is 471 g/mol. The Morgan fingerprint density at radius 1 is 1.50 bits per heavy atom. The minimum absolute atomic E-state index is 0.228. The smallest absolute Gasteiger partial charge is 0.323 e. The molecule has 13 heteroatoms. The number of fused-ring (bicyclic) bond motifs is 1. The highest BCUT2D eigenvalue weighted by molar-refractivity contribution is 7.36. The van der Waals surface area contributed by atoms with E-state index in [1.165, 1.54) is 17.8 Å². The first-order chi connectivity index (χ1) is 15.3. The topological polar surface area (TPSA) is 171 Å².